The number of carbonyl (C=O) groups is 1. The van der Waals surface area contributed by atoms with Crippen LogP contribution in [0.4, 0.5) is 0 Å². The Bertz CT molecular complexity index is 464. The van der Waals surface area contributed by atoms with Gasteiger partial charge in [0.05, 0.1) is 11.3 Å². The van der Waals surface area contributed by atoms with Gasteiger partial charge in [-0.25, -0.2) is 0 Å². The summed E-state index contributed by atoms with van der Waals surface area (Å²) in [7, 11) is 0. The van der Waals surface area contributed by atoms with Crippen LogP contribution >= 0.6 is 0 Å². The highest BCUT2D eigenvalue weighted by Gasteiger charge is 2.28. The first-order valence-electron chi connectivity index (χ1n) is 7.01. The van der Waals surface area contributed by atoms with E-state index in [1.54, 1.807) is 0 Å². The number of nitrogens with one attached hydrogen (secondary N) is 1. The van der Waals surface area contributed by atoms with Gasteiger partial charge in [-0.15, -0.1) is 0 Å². The van der Waals surface area contributed by atoms with E-state index in [2.05, 4.69) is 10.3 Å². The average molecular weight is 261 g/mol. The topological polar surface area (TPSA) is 68.0 Å². The zero-order valence-electron chi connectivity index (χ0n) is 11.8. The minimum atomic E-state index is -0.222. The molecule has 1 heterocycles. The minimum Gasteiger partial charge on any atom is -0.350 e. The lowest BCUT2D eigenvalue weighted by atomic mass is 9.82. The average Bonchev–Trinajstić information content (AvgIpc) is 2.37. The molecule has 2 rings (SSSR count). The molecule has 1 aromatic rings. The van der Waals surface area contributed by atoms with Crippen molar-refractivity contribution in [3.05, 3.63) is 29.1 Å². The summed E-state index contributed by atoms with van der Waals surface area (Å²) < 4.78 is 0. The van der Waals surface area contributed by atoms with Gasteiger partial charge in [0.2, 0.25) is 0 Å². The lowest BCUT2D eigenvalue weighted by molar-refractivity contribution is 0.0936. The highest BCUT2D eigenvalue weighted by atomic mass is 16.1. The molecule has 4 heteroatoms. The number of carbonyl (C=O) groups excluding carboxylic acids is 1. The van der Waals surface area contributed by atoms with Crippen LogP contribution in [0.1, 0.15) is 53.8 Å². The van der Waals surface area contributed by atoms with Crippen LogP contribution < -0.4 is 11.1 Å². The third kappa shape index (κ3) is 3.53. The molecule has 0 bridgehead atoms. The van der Waals surface area contributed by atoms with Crippen molar-refractivity contribution in [2.24, 2.45) is 5.73 Å². The van der Waals surface area contributed by atoms with Gasteiger partial charge in [0.1, 0.15) is 0 Å². The summed E-state index contributed by atoms with van der Waals surface area (Å²) >= 11 is 0. The summed E-state index contributed by atoms with van der Waals surface area (Å²) in [5.41, 5.74) is 8.44. The van der Waals surface area contributed by atoms with E-state index in [0.717, 1.165) is 37.1 Å². The van der Waals surface area contributed by atoms with Crippen molar-refractivity contribution in [3.63, 3.8) is 0 Å². The lowest BCUT2D eigenvalue weighted by Crippen LogP contribution is -2.51. The summed E-state index contributed by atoms with van der Waals surface area (Å²) in [4.78, 5) is 16.5. The quantitative estimate of drug-likeness (QED) is 0.875. The molecule has 0 radical (unpaired) electrons. The van der Waals surface area contributed by atoms with Crippen molar-refractivity contribution in [3.8, 4) is 0 Å². The Morgan fingerprint density at radius 2 is 2.00 bits per heavy atom. The van der Waals surface area contributed by atoms with E-state index in [-0.39, 0.29) is 11.4 Å². The van der Waals surface area contributed by atoms with Gasteiger partial charge in [0, 0.05) is 17.8 Å². The van der Waals surface area contributed by atoms with Gasteiger partial charge in [-0.1, -0.05) is 19.3 Å². The summed E-state index contributed by atoms with van der Waals surface area (Å²) in [6, 6.07) is 3.69. The Labute approximate surface area is 114 Å². The first kappa shape index (κ1) is 14.0. The number of aryl methyl sites for hydroxylation is 2. The number of hydrogen-bond acceptors (Lipinski definition) is 3. The van der Waals surface area contributed by atoms with Crippen LogP contribution in [-0.2, 0) is 0 Å². The first-order valence-corrected chi connectivity index (χ1v) is 7.01. The largest absolute Gasteiger partial charge is 0.350 e. The fourth-order valence-electron chi connectivity index (χ4n) is 2.71. The molecule has 1 aliphatic carbocycles. The van der Waals surface area contributed by atoms with E-state index in [0.29, 0.717) is 12.1 Å². The van der Waals surface area contributed by atoms with Crippen LogP contribution in [0.25, 0.3) is 0 Å². The molecule has 0 aliphatic heterocycles. The molecule has 104 valence electrons. The standard InChI is InChI=1S/C15H23N3O/c1-11-6-7-13(12(2)18-11)14(19)17-10-15(16)8-4-3-5-9-15/h6-7H,3-5,8-10,16H2,1-2H3,(H,17,19). The number of hydrogen-bond donors (Lipinski definition) is 2. The Kier molecular flexibility index (Phi) is 4.20. The van der Waals surface area contributed by atoms with E-state index in [1.165, 1.54) is 6.42 Å². The van der Waals surface area contributed by atoms with Gasteiger partial charge in [0.15, 0.2) is 0 Å². The van der Waals surface area contributed by atoms with Crippen LogP contribution in [-0.4, -0.2) is 23.0 Å². The third-order valence-electron chi connectivity index (χ3n) is 3.92. The van der Waals surface area contributed by atoms with Crippen LogP contribution in [0.2, 0.25) is 0 Å². The Morgan fingerprint density at radius 1 is 1.32 bits per heavy atom. The Hall–Kier alpha value is -1.42. The third-order valence-corrected chi connectivity index (χ3v) is 3.92. The molecule has 1 amide bonds. The monoisotopic (exact) mass is 261 g/mol. The number of aromatic nitrogens is 1. The van der Waals surface area contributed by atoms with Crippen molar-refractivity contribution in [1.82, 2.24) is 10.3 Å². The molecule has 19 heavy (non-hydrogen) atoms. The van der Waals surface area contributed by atoms with Gasteiger partial charge >= 0.3 is 0 Å². The fourth-order valence-corrected chi connectivity index (χ4v) is 2.71. The molecule has 1 saturated carbocycles. The highest BCUT2D eigenvalue weighted by Crippen LogP contribution is 2.25. The maximum Gasteiger partial charge on any atom is 0.253 e. The second kappa shape index (κ2) is 5.70. The van der Waals surface area contributed by atoms with E-state index in [1.807, 2.05) is 26.0 Å². The fraction of sp³-hybridized carbons (Fsp3) is 0.600. The number of pyridine rings is 1. The maximum absolute atomic E-state index is 12.2. The molecule has 0 unspecified atom stereocenters. The Balaban J connectivity index is 1.97. The second-order valence-electron chi connectivity index (χ2n) is 5.69. The molecule has 1 aliphatic rings. The summed E-state index contributed by atoms with van der Waals surface area (Å²) in [6.07, 6.45) is 5.58. The minimum absolute atomic E-state index is 0.0691. The molecular weight excluding hydrogens is 238 g/mol. The van der Waals surface area contributed by atoms with Crippen molar-refractivity contribution >= 4 is 5.91 Å². The molecule has 0 atom stereocenters. The van der Waals surface area contributed by atoms with Gasteiger partial charge in [-0.2, -0.15) is 0 Å². The van der Waals surface area contributed by atoms with Crippen molar-refractivity contribution in [2.75, 3.05) is 6.54 Å². The highest BCUT2D eigenvalue weighted by molar-refractivity contribution is 5.95. The van der Waals surface area contributed by atoms with E-state index >= 15 is 0 Å². The number of nitrogens with two attached hydrogens (primary N) is 1. The van der Waals surface area contributed by atoms with Crippen molar-refractivity contribution in [2.45, 2.75) is 51.5 Å². The number of amides is 1. The first-order chi connectivity index (χ1) is 9.00. The number of nitrogens with zero attached hydrogens (tertiary/aromatic N) is 1. The molecule has 1 aromatic heterocycles. The summed E-state index contributed by atoms with van der Waals surface area (Å²) in [6.45, 7) is 4.34. The molecular formula is C15H23N3O. The van der Waals surface area contributed by atoms with Crippen molar-refractivity contribution in [1.29, 1.82) is 0 Å². The van der Waals surface area contributed by atoms with Crippen LogP contribution in [0.3, 0.4) is 0 Å². The van der Waals surface area contributed by atoms with Gasteiger partial charge in [0.25, 0.3) is 5.91 Å². The van der Waals surface area contributed by atoms with Gasteiger partial charge in [-0.3, -0.25) is 9.78 Å². The van der Waals surface area contributed by atoms with E-state index in [4.69, 9.17) is 5.73 Å². The second-order valence-corrected chi connectivity index (χ2v) is 5.69. The lowest BCUT2D eigenvalue weighted by Gasteiger charge is -2.33. The molecule has 0 spiro atoms. The summed E-state index contributed by atoms with van der Waals surface area (Å²) in [5.74, 6) is -0.0691. The SMILES string of the molecule is Cc1ccc(C(=O)NCC2(N)CCCCC2)c(C)n1. The number of rotatable bonds is 3. The predicted molar refractivity (Wildman–Crippen MR) is 76.0 cm³/mol. The van der Waals surface area contributed by atoms with E-state index < -0.39 is 0 Å². The molecule has 0 saturated heterocycles. The predicted octanol–water partition coefficient (Wildman–Crippen LogP) is 2.09. The normalized spacial score (nSPS) is 18.1. The Morgan fingerprint density at radius 3 is 2.63 bits per heavy atom. The van der Waals surface area contributed by atoms with Crippen LogP contribution in [0, 0.1) is 13.8 Å². The smallest absolute Gasteiger partial charge is 0.253 e. The maximum atomic E-state index is 12.2. The van der Waals surface area contributed by atoms with Gasteiger partial charge < -0.3 is 11.1 Å². The van der Waals surface area contributed by atoms with Gasteiger partial charge in [-0.05, 0) is 38.8 Å². The molecule has 4 nitrogen and oxygen atoms in total. The molecule has 3 N–H and O–H groups in total. The van der Waals surface area contributed by atoms with Crippen LogP contribution in [0.15, 0.2) is 12.1 Å². The van der Waals surface area contributed by atoms with E-state index in [9.17, 15) is 4.79 Å². The molecule has 1 fully saturated rings. The zero-order chi connectivity index (χ0) is 13.9. The van der Waals surface area contributed by atoms with Crippen LogP contribution in [0.5, 0.6) is 0 Å². The summed E-state index contributed by atoms with van der Waals surface area (Å²) in [5, 5.41) is 2.97. The molecule has 0 aromatic carbocycles. The van der Waals surface area contributed by atoms with Crippen molar-refractivity contribution < 1.29 is 4.79 Å². The zero-order valence-corrected chi connectivity index (χ0v) is 11.8.